The quantitative estimate of drug-likeness (QED) is 0.925. The molecule has 0 bridgehead atoms. The Morgan fingerprint density at radius 1 is 1.27 bits per heavy atom. The molecule has 0 spiro atoms. The molecule has 0 fully saturated rings. The van der Waals surface area contributed by atoms with Crippen molar-refractivity contribution in [3.8, 4) is 0 Å². The molecule has 1 aromatic heterocycles. The Balaban J connectivity index is 1.46. The Kier molecular flexibility index (Phi) is 3.25. The third kappa shape index (κ3) is 2.43. The van der Waals surface area contributed by atoms with Crippen molar-refractivity contribution < 1.29 is 4.79 Å². The largest absolute Gasteiger partial charge is 0.347 e. The van der Waals surface area contributed by atoms with E-state index in [0.717, 1.165) is 49.3 Å². The number of fused-ring (bicyclic) bond motifs is 2. The van der Waals surface area contributed by atoms with Crippen molar-refractivity contribution >= 4 is 5.91 Å². The maximum atomic E-state index is 12.5. The van der Waals surface area contributed by atoms with Crippen LogP contribution < -0.4 is 5.32 Å². The van der Waals surface area contributed by atoms with Crippen LogP contribution in [-0.2, 0) is 25.8 Å². The highest BCUT2D eigenvalue weighted by atomic mass is 16.1. The number of benzene rings is 1. The summed E-state index contributed by atoms with van der Waals surface area (Å²) in [5.74, 6) is 1.19. The van der Waals surface area contributed by atoms with Crippen LogP contribution in [0.3, 0.4) is 0 Å². The number of rotatable bonds is 2. The van der Waals surface area contributed by atoms with E-state index in [0.29, 0.717) is 0 Å². The van der Waals surface area contributed by atoms with E-state index in [1.54, 1.807) is 0 Å². The Morgan fingerprint density at radius 3 is 3.05 bits per heavy atom. The molecule has 1 aliphatic carbocycles. The van der Waals surface area contributed by atoms with Gasteiger partial charge in [-0.05, 0) is 55.9 Å². The third-order valence-electron chi connectivity index (χ3n) is 4.81. The molecular formula is C18H21N3O. The highest BCUT2D eigenvalue weighted by Gasteiger charge is 2.22. The SMILES string of the molecule is Cc1cn2c(n1)CC[C@H](NC(=O)c1ccc3c(c1)CCC3)C2. The number of aryl methyl sites for hydroxylation is 4. The van der Waals surface area contributed by atoms with E-state index in [9.17, 15) is 4.79 Å². The van der Waals surface area contributed by atoms with E-state index in [1.807, 2.05) is 13.0 Å². The van der Waals surface area contributed by atoms with E-state index >= 15 is 0 Å². The number of nitrogens with one attached hydrogen (secondary N) is 1. The normalized spacial score (nSPS) is 19.6. The van der Waals surface area contributed by atoms with Gasteiger partial charge >= 0.3 is 0 Å². The zero-order chi connectivity index (χ0) is 15.1. The summed E-state index contributed by atoms with van der Waals surface area (Å²) in [5, 5.41) is 3.19. The van der Waals surface area contributed by atoms with Crippen molar-refractivity contribution in [1.29, 1.82) is 0 Å². The van der Waals surface area contributed by atoms with Crippen LogP contribution in [0.1, 0.15) is 45.8 Å². The summed E-state index contributed by atoms with van der Waals surface area (Å²) in [6.07, 6.45) is 7.45. The highest BCUT2D eigenvalue weighted by Crippen LogP contribution is 2.23. The maximum Gasteiger partial charge on any atom is 0.251 e. The molecule has 1 aromatic carbocycles. The van der Waals surface area contributed by atoms with Gasteiger partial charge < -0.3 is 9.88 Å². The predicted molar refractivity (Wildman–Crippen MR) is 85.0 cm³/mol. The molecule has 4 rings (SSSR count). The summed E-state index contributed by atoms with van der Waals surface area (Å²) in [6, 6.07) is 6.36. The second-order valence-corrected chi connectivity index (χ2v) is 6.50. The van der Waals surface area contributed by atoms with E-state index in [2.05, 4.69) is 33.2 Å². The summed E-state index contributed by atoms with van der Waals surface area (Å²) in [6.45, 7) is 2.84. The third-order valence-corrected chi connectivity index (χ3v) is 4.81. The Hall–Kier alpha value is -2.10. The van der Waals surface area contributed by atoms with Crippen LogP contribution in [0, 0.1) is 6.92 Å². The summed E-state index contributed by atoms with van der Waals surface area (Å²) in [5.41, 5.74) is 4.62. The van der Waals surface area contributed by atoms with Gasteiger partial charge in [-0.15, -0.1) is 0 Å². The summed E-state index contributed by atoms with van der Waals surface area (Å²) in [7, 11) is 0. The molecule has 0 saturated carbocycles. The van der Waals surface area contributed by atoms with E-state index in [1.165, 1.54) is 17.5 Å². The number of nitrogens with zero attached hydrogens (tertiary/aromatic N) is 2. The number of amides is 1. The van der Waals surface area contributed by atoms with Crippen molar-refractivity contribution in [2.45, 2.75) is 51.6 Å². The van der Waals surface area contributed by atoms with E-state index in [4.69, 9.17) is 0 Å². The van der Waals surface area contributed by atoms with Crippen LogP contribution in [-0.4, -0.2) is 21.5 Å². The number of imidazole rings is 1. The topological polar surface area (TPSA) is 46.9 Å². The fourth-order valence-corrected chi connectivity index (χ4v) is 3.69. The zero-order valence-corrected chi connectivity index (χ0v) is 12.9. The minimum Gasteiger partial charge on any atom is -0.347 e. The van der Waals surface area contributed by atoms with E-state index in [-0.39, 0.29) is 11.9 Å². The van der Waals surface area contributed by atoms with Gasteiger partial charge in [0.05, 0.1) is 5.69 Å². The van der Waals surface area contributed by atoms with Gasteiger partial charge in [-0.1, -0.05) is 6.07 Å². The number of hydrogen-bond donors (Lipinski definition) is 1. The molecule has 22 heavy (non-hydrogen) atoms. The van der Waals surface area contributed by atoms with Crippen LogP contribution in [0.25, 0.3) is 0 Å². The van der Waals surface area contributed by atoms with Crippen molar-refractivity contribution in [1.82, 2.24) is 14.9 Å². The summed E-state index contributed by atoms with van der Waals surface area (Å²) in [4.78, 5) is 17.0. The minimum atomic E-state index is 0.0555. The molecule has 0 radical (unpaired) electrons. The lowest BCUT2D eigenvalue weighted by molar-refractivity contribution is 0.0927. The minimum absolute atomic E-state index is 0.0555. The first-order valence-electron chi connectivity index (χ1n) is 8.14. The molecular weight excluding hydrogens is 274 g/mol. The lowest BCUT2D eigenvalue weighted by atomic mass is 10.0. The summed E-state index contributed by atoms with van der Waals surface area (Å²) < 4.78 is 2.17. The number of hydrogen-bond acceptors (Lipinski definition) is 2. The summed E-state index contributed by atoms with van der Waals surface area (Å²) >= 11 is 0. The molecule has 114 valence electrons. The maximum absolute atomic E-state index is 12.5. The molecule has 0 saturated heterocycles. The standard InChI is InChI=1S/C18H21N3O/c1-12-10-21-11-16(7-8-17(21)19-12)20-18(22)15-6-5-13-3-2-4-14(13)9-15/h5-6,9-10,16H,2-4,7-8,11H2,1H3,(H,20,22)/t16-/m0/s1. The van der Waals surface area contributed by atoms with Crippen LogP contribution in [0.2, 0.25) is 0 Å². The molecule has 2 heterocycles. The molecule has 4 nitrogen and oxygen atoms in total. The molecule has 0 unspecified atom stereocenters. The Bertz CT molecular complexity index is 732. The van der Waals surface area contributed by atoms with Gasteiger partial charge in [0.25, 0.3) is 5.91 Å². The number of carbonyl (C=O) groups is 1. The average Bonchev–Trinajstić information content (AvgIpc) is 3.10. The van der Waals surface area contributed by atoms with Gasteiger partial charge in [-0.2, -0.15) is 0 Å². The van der Waals surface area contributed by atoms with E-state index < -0.39 is 0 Å². The molecule has 1 amide bonds. The fourth-order valence-electron chi connectivity index (χ4n) is 3.69. The van der Waals surface area contributed by atoms with Gasteiger partial charge in [-0.25, -0.2) is 4.98 Å². The van der Waals surface area contributed by atoms with Crippen LogP contribution >= 0.6 is 0 Å². The van der Waals surface area contributed by atoms with Crippen molar-refractivity contribution in [3.05, 3.63) is 52.6 Å². The second kappa shape index (κ2) is 5.27. The van der Waals surface area contributed by atoms with Gasteiger partial charge in [0.2, 0.25) is 0 Å². The van der Waals surface area contributed by atoms with Crippen LogP contribution in [0.4, 0.5) is 0 Å². The van der Waals surface area contributed by atoms with Crippen molar-refractivity contribution in [3.63, 3.8) is 0 Å². The van der Waals surface area contributed by atoms with Gasteiger partial charge in [-0.3, -0.25) is 4.79 Å². The molecule has 1 atom stereocenters. The van der Waals surface area contributed by atoms with Crippen molar-refractivity contribution in [2.75, 3.05) is 0 Å². The first kappa shape index (κ1) is 13.6. The highest BCUT2D eigenvalue weighted by molar-refractivity contribution is 5.94. The number of carbonyl (C=O) groups excluding carboxylic acids is 1. The molecule has 4 heteroatoms. The van der Waals surface area contributed by atoms with Crippen molar-refractivity contribution in [2.24, 2.45) is 0 Å². The van der Waals surface area contributed by atoms with Gasteiger partial charge in [0.1, 0.15) is 5.82 Å². The van der Waals surface area contributed by atoms with Crippen LogP contribution in [0.15, 0.2) is 24.4 Å². The lowest BCUT2D eigenvalue weighted by Crippen LogP contribution is -2.40. The lowest BCUT2D eigenvalue weighted by Gasteiger charge is -2.24. The first-order valence-corrected chi connectivity index (χ1v) is 8.14. The molecule has 2 aromatic rings. The first-order chi connectivity index (χ1) is 10.7. The monoisotopic (exact) mass is 295 g/mol. The number of aromatic nitrogens is 2. The van der Waals surface area contributed by atoms with Crippen LogP contribution in [0.5, 0.6) is 0 Å². The smallest absolute Gasteiger partial charge is 0.251 e. The van der Waals surface area contributed by atoms with Gasteiger partial charge in [0.15, 0.2) is 0 Å². The molecule has 1 aliphatic heterocycles. The fraction of sp³-hybridized carbons (Fsp3) is 0.444. The average molecular weight is 295 g/mol. The Labute approximate surface area is 130 Å². The second-order valence-electron chi connectivity index (χ2n) is 6.50. The predicted octanol–water partition coefficient (Wildman–Crippen LogP) is 2.43. The zero-order valence-electron chi connectivity index (χ0n) is 12.9. The van der Waals surface area contributed by atoms with Gasteiger partial charge in [0, 0.05) is 30.8 Å². The Morgan fingerprint density at radius 2 is 2.14 bits per heavy atom. The molecule has 2 aliphatic rings. The molecule has 1 N–H and O–H groups in total.